The lowest BCUT2D eigenvalue weighted by Crippen LogP contribution is -2.19. The first-order valence-corrected chi connectivity index (χ1v) is 2.30. The second-order valence-electron chi connectivity index (χ2n) is 1.12. The molecule has 1 N–H and O–H groups in total. The zero-order chi connectivity index (χ0) is 7.11. The molecule has 0 heterocycles. The van der Waals surface area contributed by atoms with E-state index in [1.807, 2.05) is 0 Å². The van der Waals surface area contributed by atoms with E-state index in [2.05, 4.69) is 21.8 Å². The summed E-state index contributed by atoms with van der Waals surface area (Å²) in [5.41, 5.74) is 0. The van der Waals surface area contributed by atoms with Gasteiger partial charge in [-0.2, -0.15) is 0 Å². The normalized spacial score (nSPS) is 7.56. The Morgan fingerprint density at radius 2 is 2.56 bits per heavy atom. The van der Waals surface area contributed by atoms with Crippen LogP contribution in [-0.4, -0.2) is 19.0 Å². The smallest absolute Gasteiger partial charge is 0.519 e. The van der Waals surface area contributed by atoms with Gasteiger partial charge in [-0.05, 0) is 0 Å². The molecule has 0 saturated heterocycles. The van der Waals surface area contributed by atoms with Gasteiger partial charge in [0.15, 0.2) is 0 Å². The van der Waals surface area contributed by atoms with Crippen LogP contribution < -0.4 is 0 Å². The lowest BCUT2D eigenvalue weighted by Gasteiger charge is -2.00. The fraction of sp³-hybridized carbons (Fsp3) is 0.200. The Morgan fingerprint density at radius 3 is 3.00 bits per heavy atom. The largest absolute Gasteiger partial charge is 0.710 e. The van der Waals surface area contributed by atoms with Gasteiger partial charge in [-0.15, -0.1) is 6.42 Å². The highest BCUT2D eigenvalue weighted by Gasteiger charge is 2.13. The molecule has 0 saturated carbocycles. The lowest BCUT2D eigenvalue weighted by atomic mass is 10.2. The molecule has 0 aliphatic carbocycles. The van der Waals surface area contributed by atoms with E-state index >= 15 is 0 Å². The van der Waals surface area contributed by atoms with Crippen molar-refractivity contribution < 1.29 is 14.3 Å². The van der Waals surface area contributed by atoms with Gasteiger partial charge >= 0.3 is 7.32 Å². The number of hydrogen-bond acceptors (Lipinski definition) is 3. The van der Waals surface area contributed by atoms with Crippen LogP contribution in [0, 0.1) is 12.3 Å². The van der Waals surface area contributed by atoms with Gasteiger partial charge in [-0.1, -0.05) is 12.5 Å². The molecule has 0 bridgehead atoms. The van der Waals surface area contributed by atoms with Crippen molar-refractivity contribution in [3.8, 4) is 12.3 Å². The quantitative estimate of drug-likeness (QED) is 0.321. The van der Waals surface area contributed by atoms with E-state index in [0.29, 0.717) is 0 Å². The fourth-order valence-corrected chi connectivity index (χ4v) is 0.241. The first-order chi connectivity index (χ1) is 4.31. The molecule has 48 valence electrons. The van der Waals surface area contributed by atoms with Crippen molar-refractivity contribution in [2.45, 2.75) is 0 Å². The van der Waals surface area contributed by atoms with Crippen molar-refractivity contribution in [2.24, 2.45) is 0 Å². The second-order valence-corrected chi connectivity index (χ2v) is 1.12. The van der Waals surface area contributed by atoms with E-state index in [-0.39, 0.29) is 6.61 Å². The molecule has 4 heteroatoms. The van der Waals surface area contributed by atoms with Crippen LogP contribution in [0.1, 0.15) is 0 Å². The Hall–Kier alpha value is -0.915. The molecule has 0 rings (SSSR count). The fourth-order valence-electron chi connectivity index (χ4n) is 0.241. The number of rotatable bonds is 4. The maximum absolute atomic E-state index is 8.57. The highest BCUT2D eigenvalue weighted by Crippen LogP contribution is 1.82. The second kappa shape index (κ2) is 5.23. The maximum Gasteiger partial charge on any atom is 0.710 e. The van der Waals surface area contributed by atoms with Crippen LogP contribution in [0.4, 0.5) is 0 Å². The Morgan fingerprint density at radius 1 is 1.89 bits per heavy atom. The summed E-state index contributed by atoms with van der Waals surface area (Å²) in [4.78, 5) is 0. The summed E-state index contributed by atoms with van der Waals surface area (Å²) in [5.74, 6) is 2.16. The van der Waals surface area contributed by atoms with Gasteiger partial charge in [-0.3, -0.25) is 0 Å². The molecule has 0 amide bonds. The van der Waals surface area contributed by atoms with E-state index in [4.69, 9.17) is 11.4 Å². The van der Waals surface area contributed by atoms with Crippen molar-refractivity contribution in [3.05, 3.63) is 12.8 Å². The number of terminal acetylenes is 1. The minimum absolute atomic E-state index is 0.0228. The van der Waals surface area contributed by atoms with Gasteiger partial charge in [0.1, 0.15) is 0 Å². The molecule has 0 spiro atoms. The summed E-state index contributed by atoms with van der Waals surface area (Å²) < 4.78 is 8.80. The monoisotopic (exact) mass is 126 g/mol. The van der Waals surface area contributed by atoms with Crippen LogP contribution in [-0.2, 0) is 9.31 Å². The summed E-state index contributed by atoms with van der Waals surface area (Å²) in [6.07, 6.45) is 5.88. The molecule has 9 heavy (non-hydrogen) atoms. The number of hydrogen-bond donors (Lipinski definition) is 1. The summed E-state index contributed by atoms with van der Waals surface area (Å²) in [6, 6.07) is 0. The molecule has 0 aromatic carbocycles. The molecule has 3 nitrogen and oxygen atoms in total. The minimum atomic E-state index is -1.29. The van der Waals surface area contributed by atoms with Gasteiger partial charge in [0.25, 0.3) is 0 Å². The first kappa shape index (κ1) is 8.08. The molecule has 0 aliphatic rings. The van der Waals surface area contributed by atoms with Gasteiger partial charge in [0.2, 0.25) is 0 Å². The van der Waals surface area contributed by atoms with Gasteiger partial charge in [0.05, 0.1) is 12.9 Å². The van der Waals surface area contributed by atoms with Crippen molar-refractivity contribution in [1.82, 2.24) is 0 Å². The molecule has 0 unspecified atom stereocenters. The predicted molar refractivity (Wildman–Crippen MR) is 34.0 cm³/mol. The summed E-state index contributed by atoms with van der Waals surface area (Å²) in [5, 5.41) is 8.57. The summed E-state index contributed by atoms with van der Waals surface area (Å²) in [7, 11) is -1.29. The van der Waals surface area contributed by atoms with E-state index in [1.165, 1.54) is 0 Å². The minimum Gasteiger partial charge on any atom is -0.519 e. The SMILES string of the molecule is C#CCOB(O)OC=C. The maximum atomic E-state index is 8.57. The molecular formula is C5H7BO3. The topological polar surface area (TPSA) is 38.7 Å². The van der Waals surface area contributed by atoms with E-state index < -0.39 is 7.32 Å². The van der Waals surface area contributed by atoms with Crippen LogP contribution in [0.15, 0.2) is 12.8 Å². The standard InChI is InChI=1S/C5H7BO3/c1-3-5-9-6(7)8-4-2/h1,4,7H,2,5H2. The van der Waals surface area contributed by atoms with E-state index in [1.54, 1.807) is 0 Å². The third-order valence-electron chi connectivity index (χ3n) is 0.522. The van der Waals surface area contributed by atoms with Gasteiger partial charge in [0, 0.05) is 0 Å². The van der Waals surface area contributed by atoms with Crippen LogP contribution in [0.3, 0.4) is 0 Å². The van der Waals surface area contributed by atoms with Crippen LogP contribution in [0.5, 0.6) is 0 Å². The van der Waals surface area contributed by atoms with E-state index in [9.17, 15) is 0 Å². The highest BCUT2D eigenvalue weighted by molar-refractivity contribution is 6.34. The van der Waals surface area contributed by atoms with Crippen molar-refractivity contribution in [3.63, 3.8) is 0 Å². The predicted octanol–water partition coefficient (Wildman–Crippen LogP) is -0.226. The van der Waals surface area contributed by atoms with Crippen LogP contribution >= 0.6 is 0 Å². The van der Waals surface area contributed by atoms with Crippen LogP contribution in [0.2, 0.25) is 0 Å². The average Bonchev–Trinajstić information content (AvgIpc) is 1.85. The zero-order valence-electron chi connectivity index (χ0n) is 4.91. The highest BCUT2D eigenvalue weighted by atomic mass is 16.7. The van der Waals surface area contributed by atoms with Gasteiger partial charge < -0.3 is 14.3 Å². The lowest BCUT2D eigenvalue weighted by molar-refractivity contribution is 0.197. The zero-order valence-corrected chi connectivity index (χ0v) is 4.91. The van der Waals surface area contributed by atoms with E-state index in [0.717, 1.165) is 6.26 Å². The van der Waals surface area contributed by atoms with Crippen molar-refractivity contribution >= 4 is 7.32 Å². The summed E-state index contributed by atoms with van der Waals surface area (Å²) >= 11 is 0. The van der Waals surface area contributed by atoms with Gasteiger partial charge in [-0.25, -0.2) is 0 Å². The molecule has 0 radical (unpaired) electrons. The average molecular weight is 126 g/mol. The Bertz CT molecular complexity index is 118. The third-order valence-corrected chi connectivity index (χ3v) is 0.522. The van der Waals surface area contributed by atoms with Crippen molar-refractivity contribution in [1.29, 1.82) is 0 Å². The molecule has 0 atom stereocenters. The third kappa shape index (κ3) is 4.95. The first-order valence-electron chi connectivity index (χ1n) is 2.30. The molecule has 0 aromatic heterocycles. The molecule has 0 aliphatic heterocycles. The Labute approximate surface area is 54.5 Å². The summed E-state index contributed by atoms with van der Waals surface area (Å²) in [6.45, 7) is 3.22. The van der Waals surface area contributed by atoms with Crippen LogP contribution in [0.25, 0.3) is 0 Å². The Kier molecular flexibility index (Phi) is 4.69. The Balaban J connectivity index is 3.17. The molecule has 0 fully saturated rings. The van der Waals surface area contributed by atoms with Crippen molar-refractivity contribution in [2.75, 3.05) is 6.61 Å². The molecular weight excluding hydrogens is 119 g/mol. The molecule has 0 aromatic rings.